The van der Waals surface area contributed by atoms with Crippen molar-refractivity contribution in [1.29, 1.82) is 0 Å². The summed E-state index contributed by atoms with van der Waals surface area (Å²) >= 11 is 0. The predicted octanol–water partition coefficient (Wildman–Crippen LogP) is 2.73. The van der Waals surface area contributed by atoms with E-state index in [1.165, 1.54) is 12.3 Å². The molecule has 0 aromatic heterocycles. The Hall–Kier alpha value is -2.10. The molecule has 0 aliphatic rings. The van der Waals surface area contributed by atoms with Crippen molar-refractivity contribution >= 4 is 12.3 Å². The summed E-state index contributed by atoms with van der Waals surface area (Å²) in [6.07, 6.45) is 3.21. The molecule has 96 valence electrons. The third kappa shape index (κ3) is 5.30. The van der Waals surface area contributed by atoms with E-state index in [-0.39, 0.29) is 0 Å². The molecule has 0 N–H and O–H groups in total. The Morgan fingerprint density at radius 2 is 1.78 bits per heavy atom. The molecule has 0 amide bonds. The monoisotopic (exact) mass is 248 g/mol. The zero-order valence-corrected chi connectivity index (χ0v) is 10.7. The molecule has 0 bridgehead atoms. The van der Waals surface area contributed by atoms with Gasteiger partial charge in [-0.05, 0) is 45.0 Å². The van der Waals surface area contributed by atoms with Crippen LogP contribution in [0, 0.1) is 0 Å². The van der Waals surface area contributed by atoms with Gasteiger partial charge >= 0.3 is 5.97 Å². The predicted molar refractivity (Wildman–Crippen MR) is 67.4 cm³/mol. The van der Waals surface area contributed by atoms with Gasteiger partial charge in [-0.25, -0.2) is 4.79 Å². The van der Waals surface area contributed by atoms with Crippen molar-refractivity contribution in [2.24, 2.45) is 0 Å². The van der Waals surface area contributed by atoms with E-state index in [9.17, 15) is 9.59 Å². The van der Waals surface area contributed by atoms with Crippen molar-refractivity contribution in [3.63, 3.8) is 0 Å². The van der Waals surface area contributed by atoms with Crippen LogP contribution in [0.15, 0.2) is 36.6 Å². The summed E-state index contributed by atoms with van der Waals surface area (Å²) in [6.45, 7) is 5.37. The van der Waals surface area contributed by atoms with E-state index in [1.54, 1.807) is 45.0 Å². The van der Waals surface area contributed by atoms with E-state index >= 15 is 0 Å². The van der Waals surface area contributed by atoms with Gasteiger partial charge in [-0.2, -0.15) is 0 Å². The highest BCUT2D eigenvalue weighted by Gasteiger charge is 2.13. The highest BCUT2D eigenvalue weighted by atomic mass is 16.6. The van der Waals surface area contributed by atoms with Crippen molar-refractivity contribution < 1.29 is 19.1 Å². The van der Waals surface area contributed by atoms with Crippen molar-refractivity contribution in [3.05, 3.63) is 42.2 Å². The lowest BCUT2D eigenvalue weighted by Gasteiger charge is -2.17. The molecule has 0 aliphatic heterocycles. The Morgan fingerprint density at radius 3 is 2.28 bits per heavy atom. The fraction of sp³-hybridized carbons (Fsp3) is 0.286. The smallest absolute Gasteiger partial charge is 0.334 e. The Bertz CT molecular complexity index is 438. The van der Waals surface area contributed by atoms with Crippen LogP contribution in [-0.4, -0.2) is 17.9 Å². The first-order valence-corrected chi connectivity index (χ1v) is 5.52. The van der Waals surface area contributed by atoms with Gasteiger partial charge in [-0.15, -0.1) is 0 Å². The molecule has 4 nitrogen and oxygen atoms in total. The van der Waals surface area contributed by atoms with Crippen molar-refractivity contribution in [1.82, 2.24) is 0 Å². The lowest BCUT2D eigenvalue weighted by molar-refractivity contribution is -0.148. The minimum atomic E-state index is -0.521. The number of esters is 1. The van der Waals surface area contributed by atoms with E-state index in [0.29, 0.717) is 11.3 Å². The second kappa shape index (κ2) is 6.00. The number of benzene rings is 1. The molecule has 1 aromatic carbocycles. The summed E-state index contributed by atoms with van der Waals surface area (Å²) in [5, 5.41) is 0. The molecule has 1 rings (SSSR count). The minimum absolute atomic E-state index is 0.466. The van der Waals surface area contributed by atoms with E-state index in [4.69, 9.17) is 9.47 Å². The van der Waals surface area contributed by atoms with Crippen molar-refractivity contribution in [3.8, 4) is 5.75 Å². The molecule has 4 heteroatoms. The van der Waals surface area contributed by atoms with Crippen LogP contribution in [0.2, 0.25) is 0 Å². The van der Waals surface area contributed by atoms with Gasteiger partial charge < -0.3 is 9.47 Å². The van der Waals surface area contributed by atoms with E-state index in [0.717, 1.165) is 6.29 Å². The van der Waals surface area contributed by atoms with Gasteiger partial charge in [0.25, 0.3) is 0 Å². The highest BCUT2D eigenvalue weighted by Crippen LogP contribution is 2.11. The summed E-state index contributed by atoms with van der Waals surface area (Å²) in [5.41, 5.74) is 0.0472. The first kappa shape index (κ1) is 14.0. The lowest BCUT2D eigenvalue weighted by Crippen LogP contribution is -2.22. The maximum atomic E-state index is 11.3. The average molecular weight is 248 g/mol. The summed E-state index contributed by atoms with van der Waals surface area (Å²) in [4.78, 5) is 21.8. The summed E-state index contributed by atoms with van der Waals surface area (Å²) < 4.78 is 10.3. The largest absolute Gasteiger partial charge is 0.465 e. The van der Waals surface area contributed by atoms with E-state index in [1.807, 2.05) is 0 Å². The highest BCUT2D eigenvalue weighted by molar-refractivity contribution is 5.82. The zero-order valence-electron chi connectivity index (χ0n) is 10.7. The molecule has 18 heavy (non-hydrogen) atoms. The average Bonchev–Trinajstić information content (AvgIpc) is 2.27. The summed E-state index contributed by atoms with van der Waals surface area (Å²) in [6, 6.07) is 6.54. The maximum Gasteiger partial charge on any atom is 0.334 e. The van der Waals surface area contributed by atoms with Gasteiger partial charge in [0.2, 0.25) is 0 Å². The number of hydrogen-bond donors (Lipinski definition) is 0. The Kier molecular flexibility index (Phi) is 4.66. The van der Waals surface area contributed by atoms with E-state index < -0.39 is 11.6 Å². The van der Waals surface area contributed by atoms with Gasteiger partial charge in [0.1, 0.15) is 17.6 Å². The quantitative estimate of drug-likeness (QED) is 0.356. The van der Waals surface area contributed by atoms with E-state index in [2.05, 4.69) is 0 Å². The summed E-state index contributed by atoms with van der Waals surface area (Å²) in [5.74, 6) is 0.0763. The molecule has 0 radical (unpaired) electrons. The number of ether oxygens (including phenoxy) is 2. The summed E-state index contributed by atoms with van der Waals surface area (Å²) in [7, 11) is 0. The topological polar surface area (TPSA) is 52.6 Å². The van der Waals surface area contributed by atoms with Gasteiger partial charge in [0, 0.05) is 5.56 Å². The standard InChI is InChI=1S/C14H16O4/c1-14(2,3)18-13(16)8-9-17-12-6-4-11(10-15)5-7-12/h4-10H,1-3H3/b9-8-. The Labute approximate surface area is 106 Å². The van der Waals surface area contributed by atoms with Crippen LogP contribution in [0.3, 0.4) is 0 Å². The second-order valence-corrected chi connectivity index (χ2v) is 4.64. The fourth-order valence-corrected chi connectivity index (χ4v) is 1.13. The number of aldehydes is 1. The van der Waals surface area contributed by atoms with Crippen LogP contribution in [0.25, 0.3) is 0 Å². The molecular weight excluding hydrogens is 232 g/mol. The van der Waals surface area contributed by atoms with Crippen molar-refractivity contribution in [2.45, 2.75) is 26.4 Å². The van der Waals surface area contributed by atoms with Crippen LogP contribution in [-0.2, 0) is 9.53 Å². The van der Waals surface area contributed by atoms with Gasteiger partial charge in [-0.3, -0.25) is 4.79 Å². The molecular formula is C14H16O4. The second-order valence-electron chi connectivity index (χ2n) is 4.64. The van der Waals surface area contributed by atoms with Crippen molar-refractivity contribution in [2.75, 3.05) is 0 Å². The number of rotatable bonds is 4. The third-order valence-corrected chi connectivity index (χ3v) is 1.83. The Morgan fingerprint density at radius 1 is 1.17 bits per heavy atom. The van der Waals surface area contributed by atoms with Gasteiger partial charge in [0.05, 0.1) is 12.3 Å². The molecule has 0 unspecified atom stereocenters. The molecule has 0 fully saturated rings. The maximum absolute atomic E-state index is 11.3. The molecule has 0 aliphatic carbocycles. The fourth-order valence-electron chi connectivity index (χ4n) is 1.13. The zero-order chi connectivity index (χ0) is 13.6. The van der Waals surface area contributed by atoms with Crippen LogP contribution >= 0.6 is 0 Å². The number of carbonyl (C=O) groups is 2. The lowest BCUT2D eigenvalue weighted by atomic mass is 10.2. The minimum Gasteiger partial charge on any atom is -0.465 e. The molecule has 0 heterocycles. The van der Waals surface area contributed by atoms with Gasteiger partial charge in [0.15, 0.2) is 0 Å². The van der Waals surface area contributed by atoms with Crippen LogP contribution in [0.4, 0.5) is 0 Å². The molecule has 0 saturated heterocycles. The molecule has 0 saturated carbocycles. The molecule has 1 aromatic rings. The third-order valence-electron chi connectivity index (χ3n) is 1.83. The molecule has 0 spiro atoms. The van der Waals surface area contributed by atoms with Crippen LogP contribution < -0.4 is 4.74 Å². The van der Waals surface area contributed by atoms with Crippen LogP contribution in [0.5, 0.6) is 5.75 Å². The SMILES string of the molecule is CC(C)(C)OC(=O)/C=C\Oc1ccc(C=O)cc1. The number of hydrogen-bond acceptors (Lipinski definition) is 4. The Balaban J connectivity index is 2.49. The number of carbonyl (C=O) groups excluding carboxylic acids is 2. The normalized spacial score (nSPS) is 11.3. The molecule has 0 atom stereocenters. The first-order valence-electron chi connectivity index (χ1n) is 5.52. The van der Waals surface area contributed by atoms with Crippen LogP contribution in [0.1, 0.15) is 31.1 Å². The first-order chi connectivity index (χ1) is 8.40. The van der Waals surface area contributed by atoms with Gasteiger partial charge in [-0.1, -0.05) is 0 Å².